The maximum atomic E-state index is 9.53. The molecule has 6 nitrogen and oxygen atoms in total. The number of nitrogens with zero attached hydrogens (tertiary/aromatic N) is 4. The highest BCUT2D eigenvalue weighted by Crippen LogP contribution is 2.34. The summed E-state index contributed by atoms with van der Waals surface area (Å²) in [4.78, 5) is 11.8. The van der Waals surface area contributed by atoms with Crippen molar-refractivity contribution in [3.8, 4) is 17.5 Å². The Hall–Kier alpha value is -3.59. The maximum Gasteiger partial charge on any atom is 0.143 e. The van der Waals surface area contributed by atoms with Crippen LogP contribution in [0.1, 0.15) is 11.1 Å². The first-order chi connectivity index (χ1) is 12.2. The van der Waals surface area contributed by atoms with Gasteiger partial charge in [0, 0.05) is 54.6 Å². The molecule has 0 radical (unpaired) electrons. The van der Waals surface area contributed by atoms with Crippen LogP contribution in [0.4, 0.5) is 11.4 Å². The van der Waals surface area contributed by atoms with Crippen molar-refractivity contribution in [3.63, 3.8) is 0 Å². The summed E-state index contributed by atoms with van der Waals surface area (Å²) < 4.78 is 1.91. The van der Waals surface area contributed by atoms with Crippen LogP contribution in [0.15, 0.2) is 49.2 Å². The monoisotopic (exact) mass is 328 g/mol. The third-order valence-electron chi connectivity index (χ3n) is 4.39. The molecule has 0 bridgehead atoms. The van der Waals surface area contributed by atoms with Gasteiger partial charge in [0.15, 0.2) is 0 Å². The van der Waals surface area contributed by atoms with Gasteiger partial charge in [-0.2, -0.15) is 5.26 Å². The predicted molar refractivity (Wildman–Crippen MR) is 97.5 cm³/mol. The highest BCUT2D eigenvalue weighted by Gasteiger charge is 2.16. The average molecular weight is 328 g/mol. The molecule has 0 saturated heterocycles. The normalized spacial score (nSPS) is 10.8. The minimum atomic E-state index is 0.481. The number of hydrogen-bond acceptors (Lipinski definition) is 4. The lowest BCUT2D eigenvalue weighted by Crippen LogP contribution is -2.02. The van der Waals surface area contributed by atoms with Gasteiger partial charge < -0.3 is 14.9 Å². The van der Waals surface area contributed by atoms with E-state index in [1.54, 1.807) is 18.6 Å². The topological polar surface area (TPSA) is 82.3 Å². The molecule has 3 aromatic heterocycles. The molecular formula is C19H16N6. The van der Waals surface area contributed by atoms with E-state index in [0.717, 1.165) is 33.5 Å². The summed E-state index contributed by atoms with van der Waals surface area (Å²) in [5, 5.41) is 14.1. The second-order valence-electron chi connectivity index (χ2n) is 5.89. The Kier molecular flexibility index (Phi) is 3.47. The van der Waals surface area contributed by atoms with E-state index in [1.807, 2.05) is 42.2 Å². The van der Waals surface area contributed by atoms with E-state index in [4.69, 9.17) is 0 Å². The minimum Gasteiger partial charge on any atom is -0.361 e. The number of hydrogen-bond donors (Lipinski definition) is 2. The number of rotatable bonds is 3. The summed E-state index contributed by atoms with van der Waals surface area (Å²) in [6.45, 7) is 2.06. The van der Waals surface area contributed by atoms with Crippen LogP contribution in [0.2, 0.25) is 0 Å². The summed E-state index contributed by atoms with van der Waals surface area (Å²) in [7, 11) is 1.92. The molecule has 122 valence electrons. The molecule has 0 aliphatic carbocycles. The van der Waals surface area contributed by atoms with Gasteiger partial charge in [-0.15, -0.1) is 0 Å². The zero-order chi connectivity index (χ0) is 17.4. The van der Waals surface area contributed by atoms with Gasteiger partial charge in [-0.1, -0.05) is 0 Å². The Morgan fingerprint density at radius 3 is 2.88 bits per heavy atom. The van der Waals surface area contributed by atoms with Crippen molar-refractivity contribution < 1.29 is 0 Å². The van der Waals surface area contributed by atoms with E-state index >= 15 is 0 Å². The number of pyridine rings is 1. The number of nitrogens with one attached hydrogen (secondary N) is 2. The second kappa shape index (κ2) is 5.80. The van der Waals surface area contributed by atoms with Crippen molar-refractivity contribution in [3.05, 3.63) is 60.3 Å². The van der Waals surface area contributed by atoms with Gasteiger partial charge in [0.05, 0.1) is 16.8 Å². The molecule has 4 rings (SSSR count). The first-order valence-corrected chi connectivity index (χ1v) is 7.88. The van der Waals surface area contributed by atoms with Gasteiger partial charge in [-0.25, -0.2) is 4.98 Å². The number of imidazole rings is 1. The first kappa shape index (κ1) is 15.0. The van der Waals surface area contributed by atoms with Crippen LogP contribution >= 0.6 is 0 Å². The Bertz CT molecular complexity index is 1110. The van der Waals surface area contributed by atoms with E-state index in [9.17, 15) is 5.26 Å². The molecule has 3 heterocycles. The first-order valence-electron chi connectivity index (χ1n) is 7.88. The van der Waals surface area contributed by atoms with Crippen molar-refractivity contribution in [2.75, 3.05) is 5.32 Å². The number of anilines is 2. The zero-order valence-electron chi connectivity index (χ0n) is 13.9. The van der Waals surface area contributed by atoms with Gasteiger partial charge in [0.1, 0.15) is 11.9 Å². The zero-order valence-corrected chi connectivity index (χ0v) is 13.9. The number of H-pyrrole nitrogens is 1. The minimum absolute atomic E-state index is 0.481. The Morgan fingerprint density at radius 1 is 1.24 bits per heavy atom. The lowest BCUT2D eigenvalue weighted by atomic mass is 10.1. The number of nitriles is 1. The predicted octanol–water partition coefficient (Wildman–Crippen LogP) is 3.89. The lowest BCUT2D eigenvalue weighted by molar-refractivity contribution is 0.923. The van der Waals surface area contributed by atoms with E-state index < -0.39 is 0 Å². The Labute approximate surface area is 144 Å². The summed E-state index contributed by atoms with van der Waals surface area (Å²) in [5.41, 5.74) is 5.14. The summed E-state index contributed by atoms with van der Waals surface area (Å²) >= 11 is 0. The fourth-order valence-corrected chi connectivity index (χ4v) is 3.03. The third kappa shape index (κ3) is 2.42. The van der Waals surface area contributed by atoms with Crippen molar-refractivity contribution in [1.82, 2.24) is 19.5 Å². The second-order valence-corrected chi connectivity index (χ2v) is 5.89. The van der Waals surface area contributed by atoms with Gasteiger partial charge >= 0.3 is 0 Å². The van der Waals surface area contributed by atoms with Gasteiger partial charge in [-0.3, -0.25) is 4.98 Å². The number of aromatic amines is 1. The smallest absolute Gasteiger partial charge is 0.143 e. The van der Waals surface area contributed by atoms with Crippen LogP contribution in [-0.4, -0.2) is 19.5 Å². The molecule has 0 amide bonds. The number of fused-ring (bicyclic) bond motifs is 1. The highest BCUT2D eigenvalue weighted by molar-refractivity contribution is 5.90. The SMILES string of the molecule is Cc1c(Nc2c(C#N)cncc2-c2nccn2C)ccc2[nH]ccc12. The fourth-order valence-electron chi connectivity index (χ4n) is 3.03. The highest BCUT2D eigenvalue weighted by atomic mass is 15.0. The molecule has 0 unspecified atom stereocenters. The van der Waals surface area contributed by atoms with Crippen LogP contribution in [0.5, 0.6) is 0 Å². The van der Waals surface area contributed by atoms with E-state index in [1.165, 1.54) is 0 Å². The largest absolute Gasteiger partial charge is 0.361 e. The molecule has 25 heavy (non-hydrogen) atoms. The molecule has 2 N–H and O–H groups in total. The number of benzene rings is 1. The van der Waals surface area contributed by atoms with Gasteiger partial charge in [-0.05, 0) is 30.7 Å². The average Bonchev–Trinajstić information content (AvgIpc) is 3.26. The van der Waals surface area contributed by atoms with Crippen LogP contribution < -0.4 is 5.32 Å². The summed E-state index contributed by atoms with van der Waals surface area (Å²) in [5.74, 6) is 0.757. The molecule has 6 heteroatoms. The Morgan fingerprint density at radius 2 is 2.12 bits per heavy atom. The molecular weight excluding hydrogens is 312 g/mol. The molecule has 0 spiro atoms. The van der Waals surface area contributed by atoms with Crippen molar-refractivity contribution in [2.45, 2.75) is 6.92 Å². The molecule has 0 saturated carbocycles. The third-order valence-corrected chi connectivity index (χ3v) is 4.39. The summed E-state index contributed by atoms with van der Waals surface area (Å²) in [6.07, 6.45) is 8.83. The van der Waals surface area contributed by atoms with Gasteiger partial charge in [0.25, 0.3) is 0 Å². The standard InChI is InChI=1S/C19H16N6/c1-12-14-5-6-22-17(14)4-3-16(12)24-18-13(9-20)10-21-11-15(18)19-23-7-8-25(19)2/h3-8,10-11,22H,1-2H3,(H,21,24). The molecule has 0 atom stereocenters. The van der Waals surface area contributed by atoms with Crippen LogP contribution in [0, 0.1) is 18.3 Å². The number of aryl methyl sites for hydroxylation is 2. The Balaban J connectivity index is 1.88. The van der Waals surface area contributed by atoms with Crippen LogP contribution in [0.25, 0.3) is 22.3 Å². The van der Waals surface area contributed by atoms with Crippen molar-refractivity contribution in [1.29, 1.82) is 5.26 Å². The lowest BCUT2D eigenvalue weighted by Gasteiger charge is -2.15. The van der Waals surface area contributed by atoms with E-state index in [0.29, 0.717) is 11.3 Å². The quantitative estimate of drug-likeness (QED) is 0.598. The van der Waals surface area contributed by atoms with Crippen LogP contribution in [-0.2, 0) is 7.05 Å². The molecule has 0 fully saturated rings. The maximum absolute atomic E-state index is 9.53. The summed E-state index contributed by atoms with van der Waals surface area (Å²) in [6, 6.07) is 8.31. The molecule has 1 aromatic carbocycles. The van der Waals surface area contributed by atoms with Crippen molar-refractivity contribution in [2.24, 2.45) is 7.05 Å². The van der Waals surface area contributed by atoms with Gasteiger partial charge in [0.2, 0.25) is 0 Å². The van der Waals surface area contributed by atoms with Crippen molar-refractivity contribution >= 4 is 22.3 Å². The van der Waals surface area contributed by atoms with E-state index in [-0.39, 0.29) is 0 Å². The molecule has 0 aliphatic rings. The van der Waals surface area contributed by atoms with Crippen LogP contribution in [0.3, 0.4) is 0 Å². The molecule has 0 aliphatic heterocycles. The molecule has 4 aromatic rings. The number of aromatic nitrogens is 4. The van der Waals surface area contributed by atoms with E-state index in [2.05, 4.69) is 33.3 Å². The fraction of sp³-hybridized carbons (Fsp3) is 0.105.